The van der Waals surface area contributed by atoms with Crippen molar-refractivity contribution in [2.24, 2.45) is 5.92 Å². The SMILES string of the molecule is BrCc1cccc(Br)c1OCOCC1CC1. The molecule has 1 saturated carbocycles. The Morgan fingerprint density at radius 3 is 2.81 bits per heavy atom. The van der Waals surface area contributed by atoms with Gasteiger partial charge in [-0.05, 0) is 40.8 Å². The lowest BCUT2D eigenvalue weighted by Gasteiger charge is -2.11. The van der Waals surface area contributed by atoms with Gasteiger partial charge in [0.15, 0.2) is 6.79 Å². The lowest BCUT2D eigenvalue weighted by molar-refractivity contribution is 0.00917. The first-order valence-corrected chi connectivity index (χ1v) is 7.26. The van der Waals surface area contributed by atoms with Crippen molar-refractivity contribution in [2.45, 2.75) is 18.2 Å². The first kappa shape index (κ1) is 12.4. The quantitative estimate of drug-likeness (QED) is 0.437. The molecule has 2 nitrogen and oxygen atoms in total. The molecular formula is C12H14Br2O2. The van der Waals surface area contributed by atoms with Crippen molar-refractivity contribution >= 4 is 31.9 Å². The van der Waals surface area contributed by atoms with Crippen LogP contribution in [-0.4, -0.2) is 13.4 Å². The van der Waals surface area contributed by atoms with Crippen LogP contribution in [0.3, 0.4) is 0 Å². The van der Waals surface area contributed by atoms with Gasteiger partial charge in [0.25, 0.3) is 0 Å². The summed E-state index contributed by atoms with van der Waals surface area (Å²) in [6.45, 7) is 1.16. The summed E-state index contributed by atoms with van der Waals surface area (Å²) in [7, 11) is 0. The van der Waals surface area contributed by atoms with Gasteiger partial charge in [0, 0.05) is 10.9 Å². The lowest BCUT2D eigenvalue weighted by atomic mass is 10.2. The van der Waals surface area contributed by atoms with Crippen molar-refractivity contribution in [1.82, 2.24) is 0 Å². The van der Waals surface area contributed by atoms with E-state index in [1.165, 1.54) is 12.8 Å². The molecule has 1 fully saturated rings. The maximum atomic E-state index is 5.64. The van der Waals surface area contributed by atoms with Gasteiger partial charge in [0.05, 0.1) is 11.1 Å². The van der Waals surface area contributed by atoms with Gasteiger partial charge in [-0.3, -0.25) is 0 Å². The molecule has 0 unspecified atom stereocenters. The minimum Gasteiger partial charge on any atom is -0.466 e. The molecule has 0 bridgehead atoms. The van der Waals surface area contributed by atoms with E-state index >= 15 is 0 Å². The highest BCUT2D eigenvalue weighted by molar-refractivity contribution is 9.10. The van der Waals surface area contributed by atoms with E-state index in [2.05, 4.69) is 31.9 Å². The van der Waals surface area contributed by atoms with E-state index in [9.17, 15) is 0 Å². The van der Waals surface area contributed by atoms with Crippen molar-refractivity contribution in [2.75, 3.05) is 13.4 Å². The maximum Gasteiger partial charge on any atom is 0.189 e. The van der Waals surface area contributed by atoms with Crippen LogP contribution in [0.15, 0.2) is 22.7 Å². The molecule has 1 aromatic rings. The van der Waals surface area contributed by atoms with Gasteiger partial charge in [-0.2, -0.15) is 0 Å². The average molecular weight is 350 g/mol. The normalized spacial score (nSPS) is 15.1. The van der Waals surface area contributed by atoms with Crippen LogP contribution in [0.1, 0.15) is 18.4 Å². The number of alkyl halides is 1. The van der Waals surface area contributed by atoms with Crippen LogP contribution in [0.5, 0.6) is 5.75 Å². The van der Waals surface area contributed by atoms with Gasteiger partial charge >= 0.3 is 0 Å². The monoisotopic (exact) mass is 348 g/mol. The van der Waals surface area contributed by atoms with Gasteiger partial charge in [0.1, 0.15) is 5.75 Å². The Morgan fingerprint density at radius 2 is 2.12 bits per heavy atom. The second kappa shape index (κ2) is 6.03. The fourth-order valence-electron chi connectivity index (χ4n) is 1.42. The Hall–Kier alpha value is -0.0600. The molecule has 0 spiro atoms. The molecule has 0 atom stereocenters. The van der Waals surface area contributed by atoms with Crippen molar-refractivity contribution in [3.8, 4) is 5.75 Å². The van der Waals surface area contributed by atoms with E-state index in [0.717, 1.165) is 33.6 Å². The van der Waals surface area contributed by atoms with Crippen molar-refractivity contribution < 1.29 is 9.47 Å². The third-order valence-electron chi connectivity index (χ3n) is 2.53. The largest absolute Gasteiger partial charge is 0.466 e. The van der Waals surface area contributed by atoms with E-state index in [0.29, 0.717) is 6.79 Å². The summed E-state index contributed by atoms with van der Waals surface area (Å²) in [5.74, 6) is 1.65. The molecule has 2 rings (SSSR count). The van der Waals surface area contributed by atoms with Crippen LogP contribution in [0, 0.1) is 5.92 Å². The van der Waals surface area contributed by atoms with E-state index in [4.69, 9.17) is 9.47 Å². The van der Waals surface area contributed by atoms with E-state index in [1.807, 2.05) is 18.2 Å². The predicted octanol–water partition coefficient (Wildman–Crippen LogP) is 4.11. The molecular weight excluding hydrogens is 336 g/mol. The first-order valence-electron chi connectivity index (χ1n) is 5.35. The molecule has 0 aliphatic heterocycles. The van der Waals surface area contributed by atoms with Gasteiger partial charge in [-0.1, -0.05) is 28.1 Å². The Kier molecular flexibility index (Phi) is 4.67. The molecule has 16 heavy (non-hydrogen) atoms. The standard InChI is InChI=1S/C12H14Br2O2/c13-6-10-2-1-3-11(14)12(10)16-8-15-7-9-4-5-9/h1-3,9H,4-8H2. The minimum absolute atomic E-state index is 0.332. The van der Waals surface area contributed by atoms with E-state index < -0.39 is 0 Å². The lowest BCUT2D eigenvalue weighted by Crippen LogP contribution is -2.06. The van der Waals surface area contributed by atoms with Gasteiger partial charge in [-0.15, -0.1) is 0 Å². The number of para-hydroxylation sites is 1. The van der Waals surface area contributed by atoms with Crippen molar-refractivity contribution in [3.63, 3.8) is 0 Å². The number of hydrogen-bond acceptors (Lipinski definition) is 2. The number of benzene rings is 1. The second-order valence-electron chi connectivity index (χ2n) is 3.94. The summed E-state index contributed by atoms with van der Waals surface area (Å²) in [4.78, 5) is 0. The Morgan fingerprint density at radius 1 is 1.31 bits per heavy atom. The highest BCUT2D eigenvalue weighted by Gasteiger charge is 2.21. The number of halogens is 2. The zero-order chi connectivity index (χ0) is 11.4. The zero-order valence-corrected chi connectivity index (χ0v) is 12.1. The summed E-state index contributed by atoms with van der Waals surface area (Å²) < 4.78 is 12.1. The molecule has 4 heteroatoms. The number of hydrogen-bond donors (Lipinski definition) is 0. The molecule has 1 aliphatic rings. The van der Waals surface area contributed by atoms with Crippen molar-refractivity contribution in [1.29, 1.82) is 0 Å². The zero-order valence-electron chi connectivity index (χ0n) is 8.92. The Labute approximate surface area is 113 Å². The summed E-state index contributed by atoms with van der Waals surface area (Å²) in [5.41, 5.74) is 1.13. The number of rotatable bonds is 6. The smallest absolute Gasteiger partial charge is 0.189 e. The van der Waals surface area contributed by atoms with Crippen LogP contribution in [0.4, 0.5) is 0 Å². The fraction of sp³-hybridized carbons (Fsp3) is 0.500. The third-order valence-corrected chi connectivity index (χ3v) is 3.76. The summed E-state index contributed by atoms with van der Waals surface area (Å²) in [6.07, 6.45) is 2.61. The number of ether oxygens (including phenoxy) is 2. The van der Waals surface area contributed by atoms with Crippen LogP contribution in [-0.2, 0) is 10.1 Å². The molecule has 0 N–H and O–H groups in total. The fourth-order valence-corrected chi connectivity index (χ4v) is 2.38. The Bertz CT molecular complexity index is 351. The highest BCUT2D eigenvalue weighted by Crippen LogP contribution is 2.31. The molecule has 0 radical (unpaired) electrons. The summed E-state index contributed by atoms with van der Waals surface area (Å²) >= 11 is 6.92. The molecule has 1 aliphatic carbocycles. The first-order chi connectivity index (χ1) is 7.81. The molecule has 1 aromatic carbocycles. The van der Waals surface area contributed by atoms with Gasteiger partial charge in [0.2, 0.25) is 0 Å². The van der Waals surface area contributed by atoms with E-state index in [-0.39, 0.29) is 0 Å². The molecule has 0 saturated heterocycles. The molecule has 0 aromatic heterocycles. The molecule has 88 valence electrons. The van der Waals surface area contributed by atoms with Gasteiger partial charge < -0.3 is 9.47 Å². The average Bonchev–Trinajstić information content (AvgIpc) is 3.09. The summed E-state index contributed by atoms with van der Waals surface area (Å²) in [6, 6.07) is 6.01. The molecule has 0 heterocycles. The van der Waals surface area contributed by atoms with Crippen LogP contribution in [0.25, 0.3) is 0 Å². The highest BCUT2D eigenvalue weighted by atomic mass is 79.9. The predicted molar refractivity (Wildman–Crippen MR) is 70.9 cm³/mol. The minimum atomic E-state index is 0.332. The van der Waals surface area contributed by atoms with Crippen LogP contribution < -0.4 is 4.74 Å². The second-order valence-corrected chi connectivity index (χ2v) is 5.35. The Balaban J connectivity index is 1.86. The van der Waals surface area contributed by atoms with Crippen LogP contribution >= 0.6 is 31.9 Å². The van der Waals surface area contributed by atoms with Gasteiger partial charge in [-0.25, -0.2) is 0 Å². The van der Waals surface area contributed by atoms with E-state index in [1.54, 1.807) is 0 Å². The molecule has 0 amide bonds. The summed E-state index contributed by atoms with van der Waals surface area (Å²) in [5, 5.41) is 0.782. The third kappa shape index (κ3) is 3.47. The van der Waals surface area contributed by atoms with Crippen molar-refractivity contribution in [3.05, 3.63) is 28.2 Å². The van der Waals surface area contributed by atoms with Crippen LogP contribution in [0.2, 0.25) is 0 Å². The maximum absolute atomic E-state index is 5.64. The topological polar surface area (TPSA) is 18.5 Å².